The first-order chi connectivity index (χ1) is 12.7. The van der Waals surface area contributed by atoms with E-state index in [1.165, 1.54) is 0 Å². The first-order valence-corrected chi connectivity index (χ1v) is 7.96. The largest absolute Gasteiger partial charge is 0.384 e. The zero-order valence-electron chi connectivity index (χ0n) is 14.5. The Hall–Kier alpha value is -3.27. The molecule has 2 amide bonds. The second kappa shape index (κ2) is 8.21. The van der Waals surface area contributed by atoms with Crippen LogP contribution in [0.5, 0.6) is 0 Å². The first kappa shape index (κ1) is 17.5. The van der Waals surface area contributed by atoms with Gasteiger partial charge in [0.1, 0.15) is 12.7 Å². The van der Waals surface area contributed by atoms with Gasteiger partial charge < -0.3 is 19.9 Å². The summed E-state index contributed by atoms with van der Waals surface area (Å²) < 4.78 is 11.8. The number of carbonyl (C=O) groups excluding carboxylic acids is 1. The molecule has 2 N–H and O–H groups in total. The van der Waals surface area contributed by atoms with Crippen LogP contribution in [0.25, 0.3) is 5.69 Å². The first-order valence-electron chi connectivity index (χ1n) is 7.96. The topological polar surface area (TPSA) is 120 Å². The maximum absolute atomic E-state index is 12.2. The maximum Gasteiger partial charge on any atom is 0.319 e. The number of aromatic nitrogens is 5. The van der Waals surface area contributed by atoms with Crippen LogP contribution in [0.2, 0.25) is 0 Å². The molecule has 0 aliphatic carbocycles. The van der Waals surface area contributed by atoms with Crippen LogP contribution < -0.4 is 10.6 Å². The quantitative estimate of drug-likeness (QED) is 0.657. The van der Waals surface area contributed by atoms with E-state index in [2.05, 4.69) is 31.0 Å². The molecule has 0 aliphatic heterocycles. The van der Waals surface area contributed by atoms with Gasteiger partial charge >= 0.3 is 6.03 Å². The molecule has 0 aliphatic rings. The number of anilines is 1. The molecule has 0 bridgehead atoms. The van der Waals surface area contributed by atoms with E-state index in [1.54, 1.807) is 24.3 Å². The summed E-state index contributed by atoms with van der Waals surface area (Å²) >= 11 is 0. The Bertz CT molecular complexity index is 861. The minimum Gasteiger partial charge on any atom is -0.384 e. The van der Waals surface area contributed by atoms with Crippen LogP contribution in [-0.4, -0.2) is 44.7 Å². The van der Waals surface area contributed by atoms with E-state index in [4.69, 9.17) is 9.26 Å². The fraction of sp³-hybridized carbons (Fsp3) is 0.312. The molecule has 0 radical (unpaired) electrons. The van der Waals surface area contributed by atoms with E-state index in [-0.39, 0.29) is 12.6 Å². The van der Waals surface area contributed by atoms with Gasteiger partial charge in [0.15, 0.2) is 5.82 Å². The monoisotopic (exact) mass is 357 g/mol. The van der Waals surface area contributed by atoms with Crippen molar-refractivity contribution in [3.05, 3.63) is 48.1 Å². The van der Waals surface area contributed by atoms with Gasteiger partial charge in [0, 0.05) is 19.2 Å². The summed E-state index contributed by atoms with van der Waals surface area (Å²) in [6.45, 7) is 2.55. The summed E-state index contributed by atoms with van der Waals surface area (Å²) in [5.41, 5.74) is 2.45. The summed E-state index contributed by atoms with van der Waals surface area (Å²) in [5.74, 6) is 0.878. The Labute approximate surface area is 149 Å². The molecule has 2 aromatic heterocycles. The van der Waals surface area contributed by atoms with Crippen LogP contribution in [-0.2, 0) is 17.7 Å². The van der Waals surface area contributed by atoms with Gasteiger partial charge in [-0.2, -0.15) is 4.98 Å². The molecule has 0 unspecified atom stereocenters. The zero-order chi connectivity index (χ0) is 18.4. The van der Waals surface area contributed by atoms with Crippen LogP contribution in [0, 0.1) is 6.92 Å². The number of nitrogens with one attached hydrogen (secondary N) is 2. The molecule has 0 atom stereocenters. The van der Waals surface area contributed by atoms with E-state index in [0.29, 0.717) is 30.4 Å². The predicted molar refractivity (Wildman–Crippen MR) is 91.8 cm³/mol. The van der Waals surface area contributed by atoms with Gasteiger partial charge in [0.2, 0.25) is 5.89 Å². The third-order valence-corrected chi connectivity index (χ3v) is 3.63. The van der Waals surface area contributed by atoms with Gasteiger partial charge in [-0.25, -0.2) is 4.79 Å². The van der Waals surface area contributed by atoms with Gasteiger partial charge in [-0.15, -0.1) is 10.2 Å². The van der Waals surface area contributed by atoms with Gasteiger partial charge in [-0.05, 0) is 24.6 Å². The summed E-state index contributed by atoms with van der Waals surface area (Å²) in [6, 6.07) is 5.30. The highest BCUT2D eigenvalue weighted by Gasteiger charge is 2.10. The van der Waals surface area contributed by atoms with Gasteiger partial charge in [0.05, 0.1) is 18.8 Å². The zero-order valence-corrected chi connectivity index (χ0v) is 14.5. The van der Waals surface area contributed by atoms with Crippen molar-refractivity contribution in [2.24, 2.45) is 0 Å². The fourth-order valence-corrected chi connectivity index (χ4v) is 2.22. The molecule has 10 nitrogen and oxygen atoms in total. The van der Waals surface area contributed by atoms with E-state index < -0.39 is 0 Å². The number of hydrogen-bond acceptors (Lipinski definition) is 7. The second-order valence-electron chi connectivity index (χ2n) is 5.52. The van der Waals surface area contributed by atoms with Crippen molar-refractivity contribution in [3.63, 3.8) is 0 Å². The number of methoxy groups -OCH3 is 1. The van der Waals surface area contributed by atoms with Crippen LogP contribution >= 0.6 is 0 Å². The summed E-state index contributed by atoms with van der Waals surface area (Å²) in [5, 5.41) is 16.9. The van der Waals surface area contributed by atoms with E-state index in [9.17, 15) is 4.79 Å². The molecule has 136 valence electrons. The number of carbonyl (C=O) groups is 1. The number of urea groups is 1. The molecule has 0 spiro atoms. The molecule has 3 aromatic rings. The molecular formula is C16H19N7O3. The van der Waals surface area contributed by atoms with E-state index >= 15 is 0 Å². The standard InChI is InChI=1S/C16H19N7O3/c1-11-3-4-12(23-9-18-19-10-23)7-13(11)20-16(24)17-8-15-21-14(22-26-15)5-6-25-2/h3-4,7,9-10H,5-6,8H2,1-2H3,(H2,17,20,24). The predicted octanol–water partition coefficient (Wildman–Crippen LogP) is 1.47. The third-order valence-electron chi connectivity index (χ3n) is 3.63. The average molecular weight is 357 g/mol. The lowest BCUT2D eigenvalue weighted by Gasteiger charge is -2.11. The lowest BCUT2D eigenvalue weighted by molar-refractivity contribution is 0.199. The Morgan fingerprint density at radius 2 is 2.12 bits per heavy atom. The van der Waals surface area contributed by atoms with Crippen molar-refractivity contribution in [3.8, 4) is 5.69 Å². The molecule has 0 saturated carbocycles. The Morgan fingerprint density at radius 1 is 1.31 bits per heavy atom. The molecule has 26 heavy (non-hydrogen) atoms. The number of benzene rings is 1. The minimum absolute atomic E-state index is 0.135. The van der Waals surface area contributed by atoms with Crippen molar-refractivity contribution in [1.82, 2.24) is 30.2 Å². The van der Waals surface area contributed by atoms with Crippen molar-refractivity contribution >= 4 is 11.7 Å². The fourth-order valence-electron chi connectivity index (χ4n) is 2.22. The maximum atomic E-state index is 12.2. The number of amides is 2. The summed E-state index contributed by atoms with van der Waals surface area (Å²) in [4.78, 5) is 16.3. The number of aryl methyl sites for hydroxylation is 1. The van der Waals surface area contributed by atoms with Crippen LogP contribution in [0.1, 0.15) is 17.3 Å². The highest BCUT2D eigenvalue weighted by Crippen LogP contribution is 2.19. The third kappa shape index (κ3) is 4.42. The molecule has 2 heterocycles. The van der Waals surface area contributed by atoms with Gasteiger partial charge in [0.25, 0.3) is 0 Å². The van der Waals surface area contributed by atoms with Crippen molar-refractivity contribution in [2.75, 3.05) is 19.0 Å². The molecule has 3 rings (SSSR count). The van der Waals surface area contributed by atoms with E-state index in [1.807, 2.05) is 25.1 Å². The highest BCUT2D eigenvalue weighted by atomic mass is 16.5. The van der Waals surface area contributed by atoms with Gasteiger partial charge in [-0.1, -0.05) is 11.2 Å². The molecule has 10 heteroatoms. The molecule has 1 aromatic carbocycles. The number of hydrogen-bond donors (Lipinski definition) is 2. The summed E-state index contributed by atoms with van der Waals surface area (Å²) in [7, 11) is 1.60. The van der Waals surface area contributed by atoms with Crippen molar-refractivity contribution in [1.29, 1.82) is 0 Å². The minimum atomic E-state index is -0.370. The van der Waals surface area contributed by atoms with Gasteiger partial charge in [-0.3, -0.25) is 4.57 Å². The number of rotatable bonds is 7. The van der Waals surface area contributed by atoms with Crippen LogP contribution in [0.4, 0.5) is 10.5 Å². The lowest BCUT2D eigenvalue weighted by Crippen LogP contribution is -2.28. The number of ether oxygens (including phenoxy) is 1. The Kier molecular flexibility index (Phi) is 5.54. The lowest BCUT2D eigenvalue weighted by atomic mass is 10.2. The molecule has 0 saturated heterocycles. The average Bonchev–Trinajstić information content (AvgIpc) is 3.32. The Morgan fingerprint density at radius 3 is 2.88 bits per heavy atom. The smallest absolute Gasteiger partial charge is 0.319 e. The second-order valence-corrected chi connectivity index (χ2v) is 5.52. The Balaban J connectivity index is 1.58. The van der Waals surface area contributed by atoms with Crippen molar-refractivity contribution in [2.45, 2.75) is 19.9 Å². The van der Waals surface area contributed by atoms with Crippen LogP contribution in [0.15, 0.2) is 35.4 Å². The van der Waals surface area contributed by atoms with Crippen LogP contribution in [0.3, 0.4) is 0 Å². The number of nitrogens with zero attached hydrogens (tertiary/aromatic N) is 5. The van der Waals surface area contributed by atoms with Crippen molar-refractivity contribution < 1.29 is 14.1 Å². The highest BCUT2D eigenvalue weighted by molar-refractivity contribution is 5.90. The summed E-state index contributed by atoms with van der Waals surface area (Å²) in [6.07, 6.45) is 3.73. The molecular weight excluding hydrogens is 338 g/mol. The normalized spacial score (nSPS) is 10.7. The SMILES string of the molecule is COCCc1noc(CNC(=O)Nc2cc(-n3cnnc3)ccc2C)n1. The molecule has 0 fully saturated rings. The van der Waals surface area contributed by atoms with E-state index in [0.717, 1.165) is 11.3 Å².